The number of aliphatic hydroxyl groups excluding tert-OH is 1. The van der Waals surface area contributed by atoms with Gasteiger partial charge in [0, 0.05) is 52.1 Å². The minimum absolute atomic E-state index is 0.00481. The van der Waals surface area contributed by atoms with E-state index in [0.29, 0.717) is 44.8 Å². The van der Waals surface area contributed by atoms with Crippen LogP contribution in [-0.4, -0.2) is 104 Å². The van der Waals surface area contributed by atoms with Gasteiger partial charge < -0.3 is 24.4 Å². The highest BCUT2D eigenvalue weighted by atomic mass is 16.5. The van der Waals surface area contributed by atoms with E-state index in [0.717, 1.165) is 67.3 Å². The average Bonchev–Trinajstić information content (AvgIpc) is 2.94. The van der Waals surface area contributed by atoms with Crippen molar-refractivity contribution in [2.45, 2.75) is 33.6 Å². The molecule has 1 heterocycles. The molecule has 2 aromatic carbocycles. The van der Waals surface area contributed by atoms with E-state index in [-0.39, 0.29) is 23.6 Å². The fourth-order valence-corrected chi connectivity index (χ4v) is 5.51. The third kappa shape index (κ3) is 9.13. The van der Waals surface area contributed by atoms with Crippen LogP contribution in [0.2, 0.25) is 0 Å². The van der Waals surface area contributed by atoms with Crippen LogP contribution in [0.25, 0.3) is 16.7 Å². The number of aliphatic hydroxyl groups is 1. The van der Waals surface area contributed by atoms with E-state index in [9.17, 15) is 14.7 Å². The molecule has 0 saturated carbocycles. The Balaban J connectivity index is 1.17. The number of allylic oxidation sites excluding steroid dienone is 2. The summed E-state index contributed by atoms with van der Waals surface area (Å²) in [5, 5.41) is 19.3. The van der Waals surface area contributed by atoms with E-state index in [4.69, 9.17) is 19.3 Å². The van der Waals surface area contributed by atoms with Gasteiger partial charge in [0.05, 0.1) is 25.4 Å². The van der Waals surface area contributed by atoms with E-state index in [1.165, 1.54) is 0 Å². The number of nitrogens with zero attached hydrogens (tertiary/aromatic N) is 2. The molecule has 0 radical (unpaired) electrons. The molecule has 1 fully saturated rings. The number of ether oxygens (including phenoxy) is 3. The van der Waals surface area contributed by atoms with Crippen molar-refractivity contribution in [1.29, 1.82) is 0 Å². The second-order valence-corrected chi connectivity index (χ2v) is 11.9. The largest absolute Gasteiger partial charge is 0.512 e. The van der Waals surface area contributed by atoms with Crippen molar-refractivity contribution in [2.24, 2.45) is 5.41 Å². The molecule has 2 N–H and O–H groups in total. The predicted molar refractivity (Wildman–Crippen MR) is 162 cm³/mol. The summed E-state index contributed by atoms with van der Waals surface area (Å²) in [6, 6.07) is 13.9. The van der Waals surface area contributed by atoms with Gasteiger partial charge in [-0.25, -0.2) is 4.79 Å². The van der Waals surface area contributed by atoms with Crippen LogP contribution in [0.15, 0.2) is 48.2 Å². The fraction of sp³-hybridized carbons (Fsp3) is 0.515. The van der Waals surface area contributed by atoms with E-state index >= 15 is 0 Å². The second kappa shape index (κ2) is 14.8. The average molecular weight is 581 g/mol. The SMILES string of the molecule is Cc1ccc(-c2ccc(OCCOCCN3CCN(CCOCC(=O)O)CC3)cc2)cc1C1=C(O)CC(C)(C)CC1=O. The standard InChI is InChI=1S/C33H44N2O7/c1-24-4-5-26(20-28(24)32-29(36)21-33(2,3)22-30(32)37)25-6-8-27(9-7-25)42-19-18-40-16-14-34-10-12-35(13-11-34)15-17-41-23-31(38)39/h4-9,20,36H,10-19,21-23H2,1-3H3,(H,38,39). The van der Waals surface area contributed by atoms with Crippen molar-refractivity contribution < 1.29 is 34.0 Å². The second-order valence-electron chi connectivity index (χ2n) is 11.9. The van der Waals surface area contributed by atoms with Gasteiger partial charge in [-0.1, -0.05) is 38.1 Å². The molecule has 9 heteroatoms. The summed E-state index contributed by atoms with van der Waals surface area (Å²) in [6.07, 6.45) is 0.928. The van der Waals surface area contributed by atoms with Crippen LogP contribution >= 0.6 is 0 Å². The number of aliphatic carboxylic acids is 1. The molecular formula is C33H44N2O7. The molecule has 0 unspecified atom stereocenters. The Labute approximate surface area is 248 Å². The molecule has 4 rings (SSSR count). The first-order valence-corrected chi connectivity index (χ1v) is 14.7. The lowest BCUT2D eigenvalue weighted by atomic mass is 9.74. The quantitative estimate of drug-likeness (QED) is 0.314. The predicted octanol–water partition coefficient (Wildman–Crippen LogP) is 4.43. The molecule has 9 nitrogen and oxygen atoms in total. The van der Waals surface area contributed by atoms with Gasteiger partial charge in [0.1, 0.15) is 24.7 Å². The Kier molecular flexibility index (Phi) is 11.2. The summed E-state index contributed by atoms with van der Waals surface area (Å²) in [5.74, 6) is 0.0100. The molecular weight excluding hydrogens is 536 g/mol. The maximum Gasteiger partial charge on any atom is 0.329 e. The number of carboxylic acids is 1. The molecule has 0 aromatic heterocycles. The summed E-state index contributed by atoms with van der Waals surface area (Å²) in [7, 11) is 0. The first kappa shape index (κ1) is 31.7. The van der Waals surface area contributed by atoms with E-state index in [1.807, 2.05) is 63.2 Å². The van der Waals surface area contributed by atoms with Crippen LogP contribution < -0.4 is 4.74 Å². The van der Waals surface area contributed by atoms with Gasteiger partial charge in [0.15, 0.2) is 5.78 Å². The summed E-state index contributed by atoms with van der Waals surface area (Å²) in [4.78, 5) is 28.1. The number of ketones is 1. The minimum atomic E-state index is -0.935. The van der Waals surface area contributed by atoms with Crippen LogP contribution in [0, 0.1) is 12.3 Å². The summed E-state index contributed by atoms with van der Waals surface area (Å²) in [6.45, 7) is 13.2. The van der Waals surface area contributed by atoms with Crippen molar-refractivity contribution in [1.82, 2.24) is 9.80 Å². The van der Waals surface area contributed by atoms with Gasteiger partial charge >= 0.3 is 5.97 Å². The maximum absolute atomic E-state index is 12.9. The molecule has 228 valence electrons. The highest BCUT2D eigenvalue weighted by molar-refractivity contribution is 6.22. The van der Waals surface area contributed by atoms with Gasteiger partial charge in [0.25, 0.3) is 0 Å². The number of aryl methyl sites for hydroxylation is 1. The smallest absolute Gasteiger partial charge is 0.329 e. The molecule has 1 aliphatic carbocycles. The number of carbonyl (C=O) groups excluding carboxylic acids is 1. The van der Waals surface area contributed by atoms with Crippen LogP contribution in [0.5, 0.6) is 5.75 Å². The molecule has 1 saturated heterocycles. The molecule has 1 aliphatic heterocycles. The van der Waals surface area contributed by atoms with Crippen molar-refractivity contribution >= 4 is 17.3 Å². The van der Waals surface area contributed by atoms with Gasteiger partial charge in [-0.2, -0.15) is 0 Å². The lowest BCUT2D eigenvalue weighted by molar-refractivity contribution is -0.142. The number of hydrogen-bond donors (Lipinski definition) is 2. The van der Waals surface area contributed by atoms with Crippen LogP contribution in [0.4, 0.5) is 0 Å². The van der Waals surface area contributed by atoms with Crippen LogP contribution in [0.3, 0.4) is 0 Å². The third-order valence-corrected chi connectivity index (χ3v) is 7.84. The fourth-order valence-electron chi connectivity index (χ4n) is 5.51. The topological polar surface area (TPSA) is 109 Å². The van der Waals surface area contributed by atoms with Crippen LogP contribution in [0.1, 0.15) is 37.8 Å². The van der Waals surface area contributed by atoms with Gasteiger partial charge in [-0.15, -0.1) is 0 Å². The van der Waals surface area contributed by atoms with E-state index in [1.54, 1.807) is 0 Å². The number of Topliss-reactive ketones (excluding diaryl/α,β-unsaturated/α-hetero) is 1. The maximum atomic E-state index is 12.9. The molecule has 0 bridgehead atoms. The van der Waals surface area contributed by atoms with E-state index in [2.05, 4.69) is 9.80 Å². The molecule has 42 heavy (non-hydrogen) atoms. The van der Waals surface area contributed by atoms with Crippen molar-refractivity contribution in [2.75, 3.05) is 72.3 Å². The van der Waals surface area contributed by atoms with Crippen molar-refractivity contribution in [3.8, 4) is 16.9 Å². The van der Waals surface area contributed by atoms with E-state index < -0.39 is 5.97 Å². The molecule has 2 aliphatic rings. The Morgan fingerprint density at radius 2 is 1.48 bits per heavy atom. The summed E-state index contributed by atoms with van der Waals surface area (Å²) < 4.78 is 16.8. The number of carboxylic acid groups (broad SMARTS) is 1. The Morgan fingerprint density at radius 1 is 0.857 bits per heavy atom. The van der Waals surface area contributed by atoms with Gasteiger partial charge in [-0.05, 0) is 52.8 Å². The lowest BCUT2D eigenvalue weighted by Crippen LogP contribution is -2.48. The zero-order valence-electron chi connectivity index (χ0n) is 25.1. The Bertz CT molecular complexity index is 1250. The normalized spacial score (nSPS) is 17.9. The first-order valence-electron chi connectivity index (χ1n) is 14.7. The number of rotatable bonds is 14. The number of benzene rings is 2. The highest BCUT2D eigenvalue weighted by Gasteiger charge is 2.34. The molecule has 0 amide bonds. The highest BCUT2D eigenvalue weighted by Crippen LogP contribution is 2.40. The van der Waals surface area contributed by atoms with Gasteiger partial charge in [0.2, 0.25) is 0 Å². The number of carbonyl (C=O) groups is 2. The molecule has 2 aromatic rings. The zero-order valence-corrected chi connectivity index (χ0v) is 25.1. The summed E-state index contributed by atoms with van der Waals surface area (Å²) in [5.41, 5.74) is 3.99. The Hall–Kier alpha value is -3.24. The van der Waals surface area contributed by atoms with Gasteiger partial charge in [-0.3, -0.25) is 14.6 Å². The summed E-state index contributed by atoms with van der Waals surface area (Å²) >= 11 is 0. The molecule has 0 atom stereocenters. The number of piperazine rings is 1. The van der Waals surface area contributed by atoms with Crippen molar-refractivity contribution in [3.05, 3.63) is 59.4 Å². The minimum Gasteiger partial charge on any atom is -0.512 e. The van der Waals surface area contributed by atoms with Crippen LogP contribution in [-0.2, 0) is 19.1 Å². The Morgan fingerprint density at radius 3 is 2.10 bits per heavy atom. The first-order chi connectivity index (χ1) is 20.1. The monoisotopic (exact) mass is 580 g/mol. The molecule has 0 spiro atoms. The third-order valence-electron chi connectivity index (χ3n) is 7.84. The van der Waals surface area contributed by atoms with Crippen molar-refractivity contribution in [3.63, 3.8) is 0 Å². The zero-order chi connectivity index (χ0) is 30.1. The lowest BCUT2D eigenvalue weighted by Gasteiger charge is -2.34. The number of hydrogen-bond acceptors (Lipinski definition) is 8.